The van der Waals surface area contributed by atoms with Gasteiger partial charge in [0.2, 0.25) is 11.8 Å². The molecular weight excluding hydrogens is 314 g/mol. The first kappa shape index (κ1) is 19.5. The molecule has 5 nitrogen and oxygen atoms in total. The van der Waals surface area contributed by atoms with Crippen LogP contribution in [-0.4, -0.2) is 36.3 Å². The van der Waals surface area contributed by atoms with Gasteiger partial charge in [-0.1, -0.05) is 30.3 Å². The number of nitrogens with one attached hydrogen (secondary N) is 1. The molecule has 1 aromatic rings. The fraction of sp³-hybridized carbons (Fsp3) is 0.529. The van der Waals surface area contributed by atoms with E-state index in [0.717, 1.165) is 24.9 Å². The molecule has 1 fully saturated rings. The molecular formula is C17H26ClN3O2. The van der Waals surface area contributed by atoms with Gasteiger partial charge in [-0.2, -0.15) is 0 Å². The first-order valence-corrected chi connectivity index (χ1v) is 7.89. The van der Waals surface area contributed by atoms with E-state index >= 15 is 0 Å². The van der Waals surface area contributed by atoms with Crippen molar-refractivity contribution in [2.75, 3.05) is 19.6 Å². The lowest BCUT2D eigenvalue weighted by Crippen LogP contribution is -2.44. The molecule has 0 aliphatic carbocycles. The molecule has 3 N–H and O–H groups in total. The number of amides is 2. The highest BCUT2D eigenvalue weighted by atomic mass is 35.5. The molecule has 128 valence electrons. The Morgan fingerprint density at radius 1 is 1.35 bits per heavy atom. The minimum Gasteiger partial charge on any atom is -0.356 e. The third kappa shape index (κ3) is 6.20. The van der Waals surface area contributed by atoms with E-state index in [1.807, 2.05) is 35.2 Å². The van der Waals surface area contributed by atoms with Gasteiger partial charge in [-0.15, -0.1) is 12.4 Å². The van der Waals surface area contributed by atoms with Gasteiger partial charge in [0.05, 0.1) is 0 Å². The molecule has 6 heteroatoms. The summed E-state index contributed by atoms with van der Waals surface area (Å²) in [4.78, 5) is 25.3. The summed E-state index contributed by atoms with van der Waals surface area (Å²) in [6.07, 6.45) is 2.36. The third-order valence-electron chi connectivity index (χ3n) is 4.13. The number of halogens is 1. The predicted molar refractivity (Wildman–Crippen MR) is 93.2 cm³/mol. The Morgan fingerprint density at radius 3 is 2.70 bits per heavy atom. The molecule has 0 saturated carbocycles. The van der Waals surface area contributed by atoms with E-state index in [-0.39, 0.29) is 30.3 Å². The number of likely N-dealkylation sites (tertiary alicyclic amines) is 1. The lowest BCUT2D eigenvalue weighted by atomic mass is 9.96. The van der Waals surface area contributed by atoms with E-state index in [0.29, 0.717) is 25.4 Å². The molecule has 1 heterocycles. The quantitative estimate of drug-likeness (QED) is 0.860. The van der Waals surface area contributed by atoms with Gasteiger partial charge in [0.15, 0.2) is 0 Å². The molecule has 0 aromatic heterocycles. The van der Waals surface area contributed by atoms with Gasteiger partial charge >= 0.3 is 0 Å². The van der Waals surface area contributed by atoms with Crippen LogP contribution in [0.4, 0.5) is 0 Å². The van der Waals surface area contributed by atoms with Crippen molar-refractivity contribution in [1.29, 1.82) is 0 Å². The van der Waals surface area contributed by atoms with Gasteiger partial charge in [-0.25, -0.2) is 0 Å². The molecule has 1 saturated heterocycles. The van der Waals surface area contributed by atoms with Crippen LogP contribution < -0.4 is 11.1 Å². The zero-order valence-corrected chi connectivity index (χ0v) is 14.3. The van der Waals surface area contributed by atoms with Crippen LogP contribution in [0.2, 0.25) is 0 Å². The zero-order chi connectivity index (χ0) is 15.9. The molecule has 23 heavy (non-hydrogen) atoms. The highest BCUT2D eigenvalue weighted by molar-refractivity contribution is 5.85. The minimum absolute atomic E-state index is 0. The fourth-order valence-electron chi connectivity index (χ4n) is 2.88. The number of carbonyl (C=O) groups is 2. The smallest absolute Gasteiger partial charge is 0.224 e. The average molecular weight is 340 g/mol. The van der Waals surface area contributed by atoms with Crippen LogP contribution in [0.15, 0.2) is 30.3 Å². The summed E-state index contributed by atoms with van der Waals surface area (Å²) in [6.45, 7) is 3.66. The van der Waals surface area contributed by atoms with E-state index in [1.54, 1.807) is 0 Å². The van der Waals surface area contributed by atoms with E-state index in [1.165, 1.54) is 6.92 Å². The Kier molecular flexibility index (Phi) is 8.06. The van der Waals surface area contributed by atoms with Crippen molar-refractivity contribution in [2.24, 2.45) is 11.7 Å². The Labute approximate surface area is 144 Å². The maximum Gasteiger partial charge on any atom is 0.224 e. The van der Waals surface area contributed by atoms with Gasteiger partial charge in [-0.05, 0) is 24.3 Å². The molecule has 1 aliphatic rings. The molecule has 1 aromatic carbocycles. The maximum atomic E-state index is 12.4. The van der Waals surface area contributed by atoms with Gasteiger partial charge in [0.1, 0.15) is 0 Å². The van der Waals surface area contributed by atoms with Crippen LogP contribution >= 0.6 is 12.4 Å². The zero-order valence-electron chi connectivity index (χ0n) is 13.5. The number of hydrogen-bond donors (Lipinski definition) is 2. The lowest BCUT2D eigenvalue weighted by molar-refractivity contribution is -0.133. The summed E-state index contributed by atoms with van der Waals surface area (Å²) >= 11 is 0. The second kappa shape index (κ2) is 9.53. The second-order valence-electron chi connectivity index (χ2n) is 6.01. The number of benzene rings is 1. The van der Waals surface area contributed by atoms with Crippen molar-refractivity contribution in [1.82, 2.24) is 10.2 Å². The summed E-state index contributed by atoms with van der Waals surface area (Å²) < 4.78 is 0. The van der Waals surface area contributed by atoms with Crippen molar-refractivity contribution >= 4 is 24.2 Å². The van der Waals surface area contributed by atoms with Gasteiger partial charge in [0.25, 0.3) is 0 Å². The molecule has 2 rings (SSSR count). The first-order valence-electron chi connectivity index (χ1n) is 7.89. The van der Waals surface area contributed by atoms with Crippen LogP contribution in [0.25, 0.3) is 0 Å². The van der Waals surface area contributed by atoms with E-state index in [2.05, 4.69) is 5.32 Å². The lowest BCUT2D eigenvalue weighted by Gasteiger charge is -2.33. The molecule has 0 spiro atoms. The Balaban J connectivity index is 0.00000264. The number of hydrogen-bond acceptors (Lipinski definition) is 3. The number of nitrogens with zero attached hydrogens (tertiary/aromatic N) is 1. The van der Waals surface area contributed by atoms with Gasteiger partial charge < -0.3 is 16.0 Å². The molecule has 0 radical (unpaired) electrons. The highest BCUT2D eigenvalue weighted by Gasteiger charge is 2.25. The second-order valence-corrected chi connectivity index (χ2v) is 6.01. The summed E-state index contributed by atoms with van der Waals surface area (Å²) in [5.74, 6) is 0.424. The van der Waals surface area contributed by atoms with Gasteiger partial charge in [0, 0.05) is 39.0 Å². The molecule has 0 bridgehead atoms. The van der Waals surface area contributed by atoms with Crippen LogP contribution in [0.5, 0.6) is 0 Å². The summed E-state index contributed by atoms with van der Waals surface area (Å²) in [5.41, 5.74) is 7.12. The van der Waals surface area contributed by atoms with Gasteiger partial charge in [-0.3, -0.25) is 9.59 Å². The summed E-state index contributed by atoms with van der Waals surface area (Å²) in [6, 6.07) is 9.45. The van der Waals surface area contributed by atoms with Crippen LogP contribution in [-0.2, 0) is 9.59 Å². The molecule has 2 amide bonds. The Morgan fingerprint density at radius 2 is 2.04 bits per heavy atom. The van der Waals surface area contributed by atoms with Crippen LogP contribution in [0, 0.1) is 5.92 Å². The Hall–Kier alpha value is -1.59. The van der Waals surface area contributed by atoms with Crippen molar-refractivity contribution in [3.8, 4) is 0 Å². The topological polar surface area (TPSA) is 75.4 Å². The highest BCUT2D eigenvalue weighted by Crippen LogP contribution is 2.20. The maximum absolute atomic E-state index is 12.4. The van der Waals surface area contributed by atoms with Crippen molar-refractivity contribution in [3.05, 3.63) is 35.9 Å². The molecule has 1 aliphatic heterocycles. The largest absolute Gasteiger partial charge is 0.356 e. The first-order chi connectivity index (χ1) is 10.6. The van der Waals surface area contributed by atoms with Crippen LogP contribution in [0.3, 0.4) is 0 Å². The monoisotopic (exact) mass is 339 g/mol. The number of nitrogens with two attached hydrogens (primary N) is 1. The fourth-order valence-corrected chi connectivity index (χ4v) is 2.88. The predicted octanol–water partition coefficient (Wildman–Crippen LogP) is 1.87. The standard InChI is InChI=1S/C17H25N3O2.ClH/c1-13(21)19-11-14-6-5-9-20(12-14)17(22)10-16(18)15-7-3-2-4-8-15;/h2-4,7-8,14,16H,5-6,9-12,18H2,1H3,(H,19,21);1H. The van der Waals surface area contributed by atoms with Crippen molar-refractivity contribution in [3.63, 3.8) is 0 Å². The third-order valence-corrected chi connectivity index (χ3v) is 4.13. The van der Waals surface area contributed by atoms with Crippen molar-refractivity contribution in [2.45, 2.75) is 32.2 Å². The normalized spacial score (nSPS) is 18.7. The summed E-state index contributed by atoms with van der Waals surface area (Å²) in [7, 11) is 0. The van der Waals surface area contributed by atoms with E-state index in [4.69, 9.17) is 5.73 Å². The molecule has 2 atom stereocenters. The SMILES string of the molecule is CC(=O)NCC1CCCN(C(=O)CC(N)c2ccccc2)C1.Cl. The van der Waals surface area contributed by atoms with Crippen LogP contribution in [0.1, 0.15) is 37.8 Å². The van der Waals surface area contributed by atoms with E-state index in [9.17, 15) is 9.59 Å². The molecule has 2 unspecified atom stereocenters. The minimum atomic E-state index is -0.260. The number of rotatable bonds is 5. The average Bonchev–Trinajstić information content (AvgIpc) is 2.54. The number of piperidine rings is 1. The van der Waals surface area contributed by atoms with E-state index < -0.39 is 0 Å². The Bertz CT molecular complexity index is 510. The number of carbonyl (C=O) groups excluding carboxylic acids is 2. The van der Waals surface area contributed by atoms with Crippen molar-refractivity contribution < 1.29 is 9.59 Å². The summed E-state index contributed by atoms with van der Waals surface area (Å²) in [5, 5.41) is 2.84.